The van der Waals surface area contributed by atoms with Crippen LogP contribution < -0.4 is 0 Å². The van der Waals surface area contributed by atoms with Gasteiger partial charge in [-0.15, -0.1) is 0 Å². The molecule has 0 spiro atoms. The lowest BCUT2D eigenvalue weighted by Crippen LogP contribution is -1.82. The number of benzene rings is 1. The van der Waals surface area contributed by atoms with Gasteiger partial charge in [-0.05, 0) is 36.6 Å². The van der Waals surface area contributed by atoms with E-state index in [2.05, 4.69) is 15.9 Å². The Morgan fingerprint density at radius 3 is 2.38 bits per heavy atom. The van der Waals surface area contributed by atoms with E-state index in [-0.39, 0.29) is 0 Å². The smallest absolute Gasteiger partial charge is 0.174 e. The SMILES string of the molecule is FC(F)=CCCc1ccc(Br)cc1. The van der Waals surface area contributed by atoms with Gasteiger partial charge in [-0.2, -0.15) is 8.78 Å². The first-order valence-corrected chi connectivity index (χ1v) is 4.73. The summed E-state index contributed by atoms with van der Waals surface area (Å²) < 4.78 is 24.3. The monoisotopic (exact) mass is 246 g/mol. The van der Waals surface area contributed by atoms with Gasteiger partial charge in [0.05, 0.1) is 0 Å². The predicted octanol–water partition coefficient (Wildman–Crippen LogP) is 4.16. The zero-order valence-corrected chi connectivity index (χ0v) is 8.52. The molecule has 0 aliphatic carbocycles. The molecule has 0 aliphatic heterocycles. The first-order chi connectivity index (χ1) is 6.18. The molecule has 0 saturated heterocycles. The topological polar surface area (TPSA) is 0 Å². The Morgan fingerprint density at radius 1 is 1.23 bits per heavy atom. The number of aryl methyl sites for hydroxylation is 1. The molecule has 0 unspecified atom stereocenters. The summed E-state index contributed by atoms with van der Waals surface area (Å²) in [4.78, 5) is 0. The fourth-order valence-electron chi connectivity index (χ4n) is 0.999. The minimum absolute atomic E-state index is 0.393. The van der Waals surface area contributed by atoms with Crippen LogP contribution in [0.15, 0.2) is 40.9 Å². The maximum Gasteiger partial charge on any atom is 0.266 e. The van der Waals surface area contributed by atoms with Crippen LogP contribution in [-0.4, -0.2) is 0 Å². The first kappa shape index (κ1) is 10.4. The summed E-state index contributed by atoms with van der Waals surface area (Å²) in [5.74, 6) is 0. The molecule has 1 aromatic carbocycles. The Kier molecular flexibility index (Phi) is 4.09. The Balaban J connectivity index is 2.46. The van der Waals surface area contributed by atoms with E-state index in [0.717, 1.165) is 16.1 Å². The number of hydrogen-bond acceptors (Lipinski definition) is 0. The van der Waals surface area contributed by atoms with Crippen LogP contribution in [0.4, 0.5) is 8.78 Å². The summed E-state index contributed by atoms with van der Waals surface area (Å²) >= 11 is 3.30. The Bertz CT molecular complexity index is 286. The fourth-order valence-corrected chi connectivity index (χ4v) is 1.26. The second-order valence-electron chi connectivity index (χ2n) is 2.66. The van der Waals surface area contributed by atoms with Crippen molar-refractivity contribution in [3.05, 3.63) is 46.5 Å². The van der Waals surface area contributed by atoms with E-state index in [1.165, 1.54) is 0 Å². The fraction of sp³-hybridized carbons (Fsp3) is 0.200. The lowest BCUT2D eigenvalue weighted by atomic mass is 10.1. The predicted molar refractivity (Wildman–Crippen MR) is 52.8 cm³/mol. The first-order valence-electron chi connectivity index (χ1n) is 3.94. The molecular weight excluding hydrogens is 238 g/mol. The van der Waals surface area contributed by atoms with Gasteiger partial charge < -0.3 is 0 Å². The van der Waals surface area contributed by atoms with Gasteiger partial charge in [-0.25, -0.2) is 0 Å². The number of halogens is 3. The third-order valence-electron chi connectivity index (χ3n) is 1.64. The van der Waals surface area contributed by atoms with E-state index in [0.29, 0.717) is 12.8 Å². The second-order valence-corrected chi connectivity index (χ2v) is 3.57. The van der Waals surface area contributed by atoms with Crippen molar-refractivity contribution in [2.45, 2.75) is 12.8 Å². The lowest BCUT2D eigenvalue weighted by Gasteiger charge is -1.97. The Labute approximate surface area is 84.4 Å². The number of rotatable bonds is 3. The Hall–Kier alpha value is -0.700. The van der Waals surface area contributed by atoms with Gasteiger partial charge in [0.15, 0.2) is 0 Å². The molecule has 0 amide bonds. The van der Waals surface area contributed by atoms with Crippen molar-refractivity contribution in [2.75, 3.05) is 0 Å². The van der Waals surface area contributed by atoms with E-state index in [1.807, 2.05) is 24.3 Å². The molecular formula is C10H9BrF2. The summed E-state index contributed by atoms with van der Waals surface area (Å²) in [5, 5.41) is 0. The van der Waals surface area contributed by atoms with Crippen molar-refractivity contribution in [2.24, 2.45) is 0 Å². The summed E-state index contributed by atoms with van der Waals surface area (Å²) in [6.45, 7) is 0. The van der Waals surface area contributed by atoms with Crippen molar-refractivity contribution in [1.82, 2.24) is 0 Å². The molecule has 0 radical (unpaired) electrons. The molecule has 0 aliphatic rings. The molecule has 0 saturated carbocycles. The molecule has 1 rings (SSSR count). The van der Waals surface area contributed by atoms with Crippen molar-refractivity contribution in [1.29, 1.82) is 0 Å². The zero-order valence-electron chi connectivity index (χ0n) is 6.93. The highest BCUT2D eigenvalue weighted by Crippen LogP contribution is 2.12. The lowest BCUT2D eigenvalue weighted by molar-refractivity contribution is 0.417. The van der Waals surface area contributed by atoms with Gasteiger partial charge in [0.1, 0.15) is 0 Å². The normalized spacial score (nSPS) is 9.77. The van der Waals surface area contributed by atoms with E-state index in [1.54, 1.807) is 0 Å². The van der Waals surface area contributed by atoms with Gasteiger partial charge in [-0.3, -0.25) is 0 Å². The molecule has 0 N–H and O–H groups in total. The van der Waals surface area contributed by atoms with Crippen LogP contribution in [0.3, 0.4) is 0 Å². The summed E-state index contributed by atoms with van der Waals surface area (Å²) in [5.41, 5.74) is 1.07. The maximum absolute atomic E-state index is 11.7. The molecule has 70 valence electrons. The standard InChI is InChI=1S/C10H9BrF2/c11-9-6-4-8(5-7-9)2-1-3-10(12)13/h3-7H,1-2H2. The van der Waals surface area contributed by atoms with Gasteiger partial charge in [-0.1, -0.05) is 28.1 Å². The van der Waals surface area contributed by atoms with E-state index < -0.39 is 6.08 Å². The van der Waals surface area contributed by atoms with Crippen LogP contribution >= 0.6 is 15.9 Å². The molecule has 0 fully saturated rings. The van der Waals surface area contributed by atoms with E-state index in [4.69, 9.17) is 0 Å². The number of allylic oxidation sites excluding steroid dienone is 1. The van der Waals surface area contributed by atoms with Crippen LogP contribution in [0.5, 0.6) is 0 Å². The third-order valence-corrected chi connectivity index (χ3v) is 2.17. The van der Waals surface area contributed by atoms with Crippen LogP contribution in [-0.2, 0) is 6.42 Å². The largest absolute Gasteiger partial charge is 0.266 e. The molecule has 3 heteroatoms. The summed E-state index contributed by atoms with van der Waals surface area (Å²) in [6, 6.07) is 7.66. The summed E-state index contributed by atoms with van der Waals surface area (Å²) in [6.07, 6.45) is 0.397. The zero-order chi connectivity index (χ0) is 9.68. The quantitative estimate of drug-likeness (QED) is 0.752. The van der Waals surface area contributed by atoms with Gasteiger partial charge in [0.2, 0.25) is 0 Å². The van der Waals surface area contributed by atoms with Crippen molar-refractivity contribution < 1.29 is 8.78 Å². The minimum Gasteiger partial charge on any atom is -0.174 e. The van der Waals surface area contributed by atoms with Gasteiger partial charge in [0, 0.05) is 4.47 Å². The van der Waals surface area contributed by atoms with E-state index >= 15 is 0 Å². The molecule has 0 atom stereocenters. The second kappa shape index (κ2) is 5.12. The molecule has 13 heavy (non-hydrogen) atoms. The van der Waals surface area contributed by atoms with Gasteiger partial charge >= 0.3 is 0 Å². The average Bonchev–Trinajstić information content (AvgIpc) is 2.08. The van der Waals surface area contributed by atoms with Crippen LogP contribution in [0.25, 0.3) is 0 Å². The van der Waals surface area contributed by atoms with E-state index in [9.17, 15) is 8.78 Å². The molecule has 1 aromatic rings. The molecule has 0 nitrogen and oxygen atoms in total. The van der Waals surface area contributed by atoms with Crippen LogP contribution in [0.1, 0.15) is 12.0 Å². The number of hydrogen-bond donors (Lipinski definition) is 0. The van der Waals surface area contributed by atoms with Crippen LogP contribution in [0, 0.1) is 0 Å². The molecule has 0 bridgehead atoms. The highest BCUT2D eigenvalue weighted by molar-refractivity contribution is 9.10. The minimum atomic E-state index is -1.60. The van der Waals surface area contributed by atoms with Crippen molar-refractivity contribution in [3.8, 4) is 0 Å². The highest BCUT2D eigenvalue weighted by Gasteiger charge is 1.93. The average molecular weight is 247 g/mol. The summed E-state index contributed by atoms with van der Waals surface area (Å²) in [7, 11) is 0. The van der Waals surface area contributed by atoms with Crippen LogP contribution in [0.2, 0.25) is 0 Å². The third kappa shape index (κ3) is 4.18. The van der Waals surface area contributed by atoms with Gasteiger partial charge in [0.25, 0.3) is 6.08 Å². The van der Waals surface area contributed by atoms with Crippen molar-refractivity contribution >= 4 is 15.9 Å². The highest BCUT2D eigenvalue weighted by atomic mass is 79.9. The maximum atomic E-state index is 11.7. The molecule has 0 aromatic heterocycles. The molecule has 0 heterocycles. The Morgan fingerprint density at radius 2 is 1.85 bits per heavy atom. The van der Waals surface area contributed by atoms with Crippen molar-refractivity contribution in [3.63, 3.8) is 0 Å².